The molecule has 0 aliphatic heterocycles. The molecule has 7 nitrogen and oxygen atoms in total. The number of tetrazole rings is 1. The second-order valence-corrected chi connectivity index (χ2v) is 6.50. The predicted octanol–water partition coefficient (Wildman–Crippen LogP) is 3.45. The molecule has 0 bridgehead atoms. The number of halogens is 1. The third-order valence-corrected chi connectivity index (χ3v) is 4.47. The van der Waals surface area contributed by atoms with E-state index in [4.69, 9.17) is 16.3 Å². The molecule has 134 valence electrons. The van der Waals surface area contributed by atoms with Gasteiger partial charge in [0.05, 0.1) is 12.4 Å². The Hall–Kier alpha value is -2.58. The molecule has 9 heteroatoms. The molecule has 0 aliphatic carbocycles. The molecule has 0 aliphatic rings. The number of thioether (sulfide) groups is 1. The van der Waals surface area contributed by atoms with Crippen molar-refractivity contribution in [1.82, 2.24) is 20.2 Å². The molecular formula is C17H16ClN5O2S. The van der Waals surface area contributed by atoms with Gasteiger partial charge in [-0.05, 0) is 53.7 Å². The summed E-state index contributed by atoms with van der Waals surface area (Å²) < 4.78 is 7.18. The second-order valence-electron chi connectivity index (χ2n) is 5.12. The van der Waals surface area contributed by atoms with E-state index in [1.54, 1.807) is 28.9 Å². The van der Waals surface area contributed by atoms with Crippen LogP contribution in [0, 0.1) is 0 Å². The molecule has 1 aromatic heterocycles. The quantitative estimate of drug-likeness (QED) is 0.623. The number of ether oxygens (including phenoxy) is 1. The molecule has 0 atom stereocenters. The molecule has 0 spiro atoms. The molecule has 1 heterocycles. The summed E-state index contributed by atoms with van der Waals surface area (Å²) in [5.74, 6) is 0.680. The van der Waals surface area contributed by atoms with Gasteiger partial charge < -0.3 is 10.1 Å². The predicted molar refractivity (Wildman–Crippen MR) is 101 cm³/mol. The lowest BCUT2D eigenvalue weighted by Gasteiger charge is -2.10. The van der Waals surface area contributed by atoms with Gasteiger partial charge in [-0.25, -0.2) is 0 Å². The van der Waals surface area contributed by atoms with Crippen LogP contribution >= 0.6 is 23.4 Å². The number of hydrogen-bond donors (Lipinski definition) is 1. The highest BCUT2D eigenvalue weighted by molar-refractivity contribution is 7.99. The topological polar surface area (TPSA) is 81.9 Å². The van der Waals surface area contributed by atoms with Crippen LogP contribution in [0.1, 0.15) is 6.92 Å². The Morgan fingerprint density at radius 2 is 2.00 bits per heavy atom. The maximum absolute atomic E-state index is 12.1. The first-order valence-electron chi connectivity index (χ1n) is 7.86. The van der Waals surface area contributed by atoms with Crippen LogP contribution in [0.2, 0.25) is 5.02 Å². The smallest absolute Gasteiger partial charge is 0.234 e. The number of benzene rings is 2. The SMILES string of the molecule is CCOc1ccccc1-n1nnnc1SCC(=O)Nc1ccc(Cl)cc1. The standard InChI is InChI=1S/C17H16ClN5O2S/c1-2-25-15-6-4-3-5-14(15)23-17(20-21-22-23)26-11-16(24)19-13-9-7-12(18)8-10-13/h3-10H,2,11H2,1H3,(H,19,24). The van der Waals surface area contributed by atoms with Crippen LogP contribution in [0.25, 0.3) is 5.69 Å². The Kier molecular flexibility index (Phi) is 6.08. The lowest BCUT2D eigenvalue weighted by atomic mass is 10.3. The highest BCUT2D eigenvalue weighted by Crippen LogP contribution is 2.26. The van der Waals surface area contributed by atoms with Gasteiger partial charge in [0.25, 0.3) is 0 Å². The number of anilines is 1. The van der Waals surface area contributed by atoms with E-state index in [9.17, 15) is 4.79 Å². The summed E-state index contributed by atoms with van der Waals surface area (Å²) in [7, 11) is 0. The van der Waals surface area contributed by atoms with Crippen molar-refractivity contribution >= 4 is 35.0 Å². The lowest BCUT2D eigenvalue weighted by Crippen LogP contribution is -2.14. The van der Waals surface area contributed by atoms with E-state index < -0.39 is 0 Å². The first kappa shape index (κ1) is 18.2. The monoisotopic (exact) mass is 389 g/mol. The Morgan fingerprint density at radius 1 is 1.23 bits per heavy atom. The molecule has 2 aromatic carbocycles. The lowest BCUT2D eigenvalue weighted by molar-refractivity contribution is -0.113. The number of aromatic nitrogens is 4. The molecule has 0 saturated heterocycles. The van der Waals surface area contributed by atoms with Gasteiger partial charge >= 0.3 is 0 Å². The molecule has 0 saturated carbocycles. The summed E-state index contributed by atoms with van der Waals surface area (Å²) in [6.45, 7) is 2.44. The van der Waals surface area contributed by atoms with E-state index in [2.05, 4.69) is 20.8 Å². The summed E-state index contributed by atoms with van der Waals surface area (Å²) >= 11 is 7.07. The van der Waals surface area contributed by atoms with E-state index >= 15 is 0 Å². The Morgan fingerprint density at radius 3 is 2.77 bits per heavy atom. The molecule has 0 fully saturated rings. The van der Waals surface area contributed by atoms with Crippen LogP contribution in [0.3, 0.4) is 0 Å². The third kappa shape index (κ3) is 4.53. The van der Waals surface area contributed by atoms with Gasteiger partial charge in [-0.3, -0.25) is 4.79 Å². The second kappa shape index (κ2) is 8.68. The zero-order valence-corrected chi connectivity index (χ0v) is 15.5. The highest BCUT2D eigenvalue weighted by atomic mass is 35.5. The van der Waals surface area contributed by atoms with Crippen LogP contribution in [-0.4, -0.2) is 38.5 Å². The van der Waals surface area contributed by atoms with Crippen LogP contribution in [0.4, 0.5) is 5.69 Å². The zero-order valence-electron chi connectivity index (χ0n) is 13.9. The van der Waals surface area contributed by atoms with Crippen molar-refractivity contribution in [3.8, 4) is 11.4 Å². The Labute approximate surface area is 159 Å². The zero-order chi connectivity index (χ0) is 18.4. The summed E-state index contributed by atoms with van der Waals surface area (Å²) in [6, 6.07) is 14.4. The fourth-order valence-electron chi connectivity index (χ4n) is 2.19. The van der Waals surface area contributed by atoms with Gasteiger partial charge in [-0.1, -0.05) is 35.5 Å². The van der Waals surface area contributed by atoms with Crippen LogP contribution in [0.15, 0.2) is 53.7 Å². The minimum absolute atomic E-state index is 0.162. The van der Waals surface area contributed by atoms with Crippen molar-refractivity contribution in [3.63, 3.8) is 0 Å². The first-order valence-corrected chi connectivity index (χ1v) is 9.22. The average molecular weight is 390 g/mol. The molecule has 1 amide bonds. The minimum atomic E-state index is -0.162. The number of para-hydroxylation sites is 2. The first-order chi connectivity index (χ1) is 12.7. The number of amides is 1. The van der Waals surface area contributed by atoms with Gasteiger partial charge in [0.2, 0.25) is 11.1 Å². The summed E-state index contributed by atoms with van der Waals surface area (Å²) in [6.07, 6.45) is 0. The molecule has 3 aromatic rings. The number of nitrogens with zero attached hydrogens (tertiary/aromatic N) is 4. The van der Waals surface area contributed by atoms with Crippen molar-refractivity contribution in [2.45, 2.75) is 12.1 Å². The molecule has 0 unspecified atom stereocenters. The molecule has 1 N–H and O–H groups in total. The summed E-state index contributed by atoms with van der Waals surface area (Å²) in [4.78, 5) is 12.1. The summed E-state index contributed by atoms with van der Waals surface area (Å²) in [5.41, 5.74) is 1.40. The van der Waals surface area contributed by atoms with Gasteiger partial charge in [-0.2, -0.15) is 4.68 Å². The molecule has 3 rings (SSSR count). The van der Waals surface area contributed by atoms with E-state index in [-0.39, 0.29) is 11.7 Å². The summed E-state index contributed by atoms with van der Waals surface area (Å²) in [5, 5.41) is 15.6. The maximum Gasteiger partial charge on any atom is 0.234 e. The number of carbonyl (C=O) groups is 1. The van der Waals surface area contributed by atoms with Crippen LogP contribution in [-0.2, 0) is 4.79 Å². The number of hydrogen-bond acceptors (Lipinski definition) is 6. The van der Waals surface area contributed by atoms with Crippen molar-refractivity contribution in [3.05, 3.63) is 53.6 Å². The highest BCUT2D eigenvalue weighted by Gasteiger charge is 2.14. The van der Waals surface area contributed by atoms with Gasteiger partial charge in [-0.15, -0.1) is 5.10 Å². The fourth-order valence-corrected chi connectivity index (χ4v) is 3.00. The number of carbonyl (C=O) groups excluding carboxylic acids is 1. The van der Waals surface area contributed by atoms with Crippen molar-refractivity contribution < 1.29 is 9.53 Å². The van der Waals surface area contributed by atoms with E-state index in [0.717, 1.165) is 5.69 Å². The number of rotatable bonds is 7. The van der Waals surface area contributed by atoms with E-state index in [0.29, 0.717) is 28.2 Å². The maximum atomic E-state index is 12.1. The van der Waals surface area contributed by atoms with Crippen molar-refractivity contribution in [2.24, 2.45) is 0 Å². The van der Waals surface area contributed by atoms with Gasteiger partial charge in [0.1, 0.15) is 11.4 Å². The molecular weight excluding hydrogens is 374 g/mol. The largest absolute Gasteiger partial charge is 0.492 e. The van der Waals surface area contributed by atoms with Gasteiger partial charge in [0, 0.05) is 10.7 Å². The normalized spacial score (nSPS) is 10.5. The van der Waals surface area contributed by atoms with Crippen LogP contribution in [0.5, 0.6) is 5.75 Å². The molecule has 0 radical (unpaired) electrons. The fraction of sp³-hybridized carbons (Fsp3) is 0.176. The number of nitrogens with one attached hydrogen (secondary N) is 1. The Bertz CT molecular complexity index is 885. The third-order valence-electron chi connectivity index (χ3n) is 3.29. The molecule has 26 heavy (non-hydrogen) atoms. The minimum Gasteiger partial charge on any atom is -0.492 e. The Balaban J connectivity index is 1.68. The van der Waals surface area contributed by atoms with Gasteiger partial charge in [0.15, 0.2) is 0 Å². The average Bonchev–Trinajstić information content (AvgIpc) is 3.11. The van der Waals surface area contributed by atoms with Crippen molar-refractivity contribution in [2.75, 3.05) is 17.7 Å². The van der Waals surface area contributed by atoms with Crippen molar-refractivity contribution in [1.29, 1.82) is 0 Å². The van der Waals surface area contributed by atoms with E-state index in [1.807, 2.05) is 31.2 Å². The van der Waals surface area contributed by atoms with E-state index in [1.165, 1.54) is 11.8 Å². The van der Waals surface area contributed by atoms with Crippen LogP contribution < -0.4 is 10.1 Å².